The van der Waals surface area contributed by atoms with Crippen molar-refractivity contribution in [1.82, 2.24) is 5.32 Å². The molecule has 0 radical (unpaired) electrons. The molecule has 6 nitrogen and oxygen atoms in total. The van der Waals surface area contributed by atoms with E-state index in [-0.39, 0.29) is 24.4 Å². The maximum Gasteiger partial charge on any atom is 0.336 e. The lowest BCUT2D eigenvalue weighted by atomic mass is 9.73. The second-order valence-corrected chi connectivity index (χ2v) is 9.84. The highest BCUT2D eigenvalue weighted by atomic mass is 32.1. The van der Waals surface area contributed by atoms with E-state index in [2.05, 4.69) is 5.32 Å². The van der Waals surface area contributed by atoms with Gasteiger partial charge in [0.2, 0.25) is 0 Å². The van der Waals surface area contributed by atoms with Gasteiger partial charge in [-0.3, -0.25) is 4.79 Å². The monoisotopic (exact) mass is 481 g/mol. The van der Waals surface area contributed by atoms with Crippen LogP contribution in [0.2, 0.25) is 0 Å². The molecule has 0 bridgehead atoms. The van der Waals surface area contributed by atoms with Gasteiger partial charge in [0, 0.05) is 28.3 Å². The van der Waals surface area contributed by atoms with Crippen LogP contribution in [0.15, 0.2) is 64.3 Å². The van der Waals surface area contributed by atoms with Crippen LogP contribution in [0, 0.1) is 0 Å². The molecule has 1 aromatic carbocycles. The molecule has 1 aliphatic carbocycles. The zero-order valence-corrected chi connectivity index (χ0v) is 20.9. The number of hydrogen-bond acceptors (Lipinski definition) is 7. The minimum absolute atomic E-state index is 0.0484. The van der Waals surface area contributed by atoms with Gasteiger partial charge in [0.1, 0.15) is 12.4 Å². The molecule has 0 spiro atoms. The van der Waals surface area contributed by atoms with E-state index in [0.717, 1.165) is 27.6 Å². The fourth-order valence-corrected chi connectivity index (χ4v) is 5.52. The van der Waals surface area contributed by atoms with E-state index >= 15 is 0 Å². The van der Waals surface area contributed by atoms with Crippen LogP contribution in [-0.2, 0) is 19.1 Å². The van der Waals surface area contributed by atoms with Crippen LogP contribution < -0.4 is 10.1 Å². The zero-order valence-electron chi connectivity index (χ0n) is 20.1. The smallest absolute Gasteiger partial charge is 0.336 e. The number of carbonyl (C=O) groups is 2. The van der Waals surface area contributed by atoms with Crippen molar-refractivity contribution >= 4 is 23.1 Å². The second kappa shape index (κ2) is 10.6. The van der Waals surface area contributed by atoms with Gasteiger partial charge in [-0.15, -0.1) is 11.3 Å². The van der Waals surface area contributed by atoms with E-state index in [0.29, 0.717) is 30.6 Å². The first kappa shape index (κ1) is 24.2. The summed E-state index contributed by atoms with van der Waals surface area (Å²) in [4.78, 5) is 27.7. The van der Waals surface area contributed by atoms with Crippen molar-refractivity contribution in [3.05, 3.63) is 74.8 Å². The van der Waals surface area contributed by atoms with Crippen LogP contribution in [0.3, 0.4) is 0 Å². The van der Waals surface area contributed by atoms with E-state index in [4.69, 9.17) is 14.2 Å². The van der Waals surface area contributed by atoms with Crippen LogP contribution >= 0.6 is 11.3 Å². The summed E-state index contributed by atoms with van der Waals surface area (Å²) >= 11 is 1.55. The predicted molar refractivity (Wildman–Crippen MR) is 132 cm³/mol. The quantitative estimate of drug-likeness (QED) is 0.418. The maximum atomic E-state index is 13.6. The minimum atomic E-state index is -0.423. The summed E-state index contributed by atoms with van der Waals surface area (Å²) in [5, 5.41) is 5.36. The number of rotatable bonds is 8. The molecule has 0 amide bonds. The number of ether oxygens (including phenoxy) is 3. The predicted octanol–water partition coefficient (Wildman–Crippen LogP) is 5.09. The van der Waals surface area contributed by atoms with Crippen LogP contribution in [0.4, 0.5) is 0 Å². The first-order chi connectivity index (χ1) is 16.4. The molecule has 0 unspecified atom stereocenters. The molecule has 1 N–H and O–H groups in total. The Labute approximate surface area is 204 Å². The molecular formula is C27H31NO5S. The summed E-state index contributed by atoms with van der Waals surface area (Å²) in [6, 6.07) is 11.8. The summed E-state index contributed by atoms with van der Waals surface area (Å²) in [7, 11) is 1.64. The molecule has 7 heteroatoms. The van der Waals surface area contributed by atoms with Crippen LogP contribution in [-0.4, -0.2) is 38.2 Å². The third-order valence-corrected chi connectivity index (χ3v) is 7.15. The molecule has 2 heterocycles. The lowest BCUT2D eigenvalue weighted by Gasteiger charge is -2.36. The number of esters is 1. The fraction of sp³-hybridized carbons (Fsp3) is 0.407. The van der Waals surface area contributed by atoms with Crippen LogP contribution in [0.5, 0.6) is 5.75 Å². The summed E-state index contributed by atoms with van der Waals surface area (Å²) in [5.74, 6) is 0.0483. The summed E-state index contributed by atoms with van der Waals surface area (Å²) in [6.07, 6.45) is 1.15. The van der Waals surface area contributed by atoms with E-state index in [1.807, 2.05) is 62.5 Å². The van der Waals surface area contributed by atoms with Gasteiger partial charge < -0.3 is 19.5 Å². The van der Waals surface area contributed by atoms with Crippen LogP contribution in [0.1, 0.15) is 55.9 Å². The molecule has 34 heavy (non-hydrogen) atoms. The third-order valence-electron chi connectivity index (χ3n) is 6.21. The number of Topliss-reactive ketones (excluding diaryl/α,β-unsaturated/α-hetero) is 1. The summed E-state index contributed by atoms with van der Waals surface area (Å²) in [5.41, 5.74) is 3.87. The highest BCUT2D eigenvalue weighted by Gasteiger charge is 2.41. The Kier molecular flexibility index (Phi) is 7.54. The van der Waals surface area contributed by atoms with Crippen molar-refractivity contribution in [2.24, 2.45) is 0 Å². The van der Waals surface area contributed by atoms with Gasteiger partial charge in [0.05, 0.1) is 31.3 Å². The number of benzene rings is 1. The van der Waals surface area contributed by atoms with E-state index < -0.39 is 11.9 Å². The first-order valence-electron chi connectivity index (χ1n) is 11.6. The van der Waals surface area contributed by atoms with Crippen molar-refractivity contribution in [2.45, 2.75) is 51.6 Å². The van der Waals surface area contributed by atoms with Gasteiger partial charge in [-0.25, -0.2) is 4.79 Å². The maximum absolute atomic E-state index is 13.6. The molecule has 0 fully saturated rings. The number of thiophene rings is 1. The van der Waals surface area contributed by atoms with Gasteiger partial charge in [-0.05, 0) is 62.3 Å². The highest BCUT2D eigenvalue weighted by Crippen LogP contribution is 2.46. The topological polar surface area (TPSA) is 73.9 Å². The van der Waals surface area contributed by atoms with Gasteiger partial charge in [-0.1, -0.05) is 18.2 Å². The lowest BCUT2D eigenvalue weighted by Crippen LogP contribution is -2.36. The minimum Gasteiger partial charge on any atom is -0.497 e. The van der Waals surface area contributed by atoms with Gasteiger partial charge >= 0.3 is 5.97 Å². The molecular weight excluding hydrogens is 450 g/mol. The largest absolute Gasteiger partial charge is 0.497 e. The lowest BCUT2D eigenvalue weighted by molar-refractivity contribution is -0.141. The van der Waals surface area contributed by atoms with Crippen molar-refractivity contribution in [3.63, 3.8) is 0 Å². The molecule has 4 rings (SSSR count). The van der Waals surface area contributed by atoms with Crippen molar-refractivity contribution in [2.75, 3.05) is 20.3 Å². The second-order valence-electron chi connectivity index (χ2n) is 8.86. The van der Waals surface area contributed by atoms with Crippen molar-refractivity contribution in [3.8, 4) is 5.75 Å². The molecule has 180 valence electrons. The molecule has 2 aromatic rings. The fourth-order valence-electron chi connectivity index (χ4n) is 4.68. The highest BCUT2D eigenvalue weighted by molar-refractivity contribution is 7.10. The average molecular weight is 482 g/mol. The Hall–Kier alpha value is -2.90. The van der Waals surface area contributed by atoms with E-state index in [9.17, 15) is 9.59 Å². The number of hydrogen-bond donors (Lipinski definition) is 1. The van der Waals surface area contributed by atoms with Crippen LogP contribution in [0.25, 0.3) is 0 Å². The first-order valence-corrected chi connectivity index (χ1v) is 12.5. The Balaban J connectivity index is 1.63. The molecule has 1 aromatic heterocycles. The number of nitrogens with one attached hydrogen (secondary N) is 1. The normalized spacial score (nSPS) is 20.3. The SMILES string of the molecule is COc1cccc([C@@H]2CC(=O)C3=C(C2)NC(C)=C(C(=O)OCCOC(C)C)[C@H]3c2cccs2)c1. The Morgan fingerprint density at radius 2 is 2.00 bits per heavy atom. The third kappa shape index (κ3) is 5.10. The molecule has 2 atom stereocenters. The average Bonchev–Trinajstić information content (AvgIpc) is 3.35. The number of methoxy groups -OCH3 is 1. The molecule has 1 aliphatic heterocycles. The number of dihydropyridines is 1. The Bertz CT molecular complexity index is 1120. The molecule has 0 saturated carbocycles. The van der Waals surface area contributed by atoms with E-state index in [1.54, 1.807) is 18.4 Å². The standard InChI is InChI=1S/C27H31NO5S/c1-16(2)32-10-11-33-27(30)24-17(3)28-21-14-19(18-7-5-8-20(13-18)31-4)15-22(29)25(21)26(24)23-9-6-12-34-23/h5-9,12-13,16,19,26,28H,10-11,14-15H2,1-4H3/t19-,26+/m0/s1. The van der Waals surface area contributed by atoms with Gasteiger partial charge in [-0.2, -0.15) is 0 Å². The van der Waals surface area contributed by atoms with Crippen molar-refractivity contribution < 1.29 is 23.8 Å². The zero-order chi connectivity index (χ0) is 24.2. The number of carbonyl (C=O) groups excluding carboxylic acids is 2. The molecule has 2 aliphatic rings. The van der Waals surface area contributed by atoms with Gasteiger partial charge in [0.25, 0.3) is 0 Å². The summed E-state index contributed by atoms with van der Waals surface area (Å²) < 4.78 is 16.4. The number of ketones is 1. The van der Waals surface area contributed by atoms with Crippen molar-refractivity contribution in [1.29, 1.82) is 0 Å². The summed E-state index contributed by atoms with van der Waals surface area (Å²) in [6.45, 7) is 6.26. The Morgan fingerprint density at radius 3 is 2.71 bits per heavy atom. The van der Waals surface area contributed by atoms with E-state index in [1.165, 1.54) is 0 Å². The Morgan fingerprint density at radius 1 is 1.18 bits per heavy atom. The van der Waals surface area contributed by atoms with Gasteiger partial charge in [0.15, 0.2) is 5.78 Å². The molecule has 0 saturated heterocycles. The number of allylic oxidation sites excluding steroid dienone is 3.